The molecule has 0 saturated carbocycles. The zero-order valence-electron chi connectivity index (χ0n) is 9.49. The molecule has 15 heavy (non-hydrogen) atoms. The van der Waals surface area contributed by atoms with Gasteiger partial charge in [0.1, 0.15) is 0 Å². The summed E-state index contributed by atoms with van der Waals surface area (Å²) in [5, 5.41) is 3.62. The monoisotopic (exact) mass is 221 g/mol. The molecule has 1 fully saturated rings. The van der Waals surface area contributed by atoms with E-state index >= 15 is 0 Å². The Morgan fingerprint density at radius 1 is 1.40 bits per heavy atom. The predicted octanol–water partition coefficient (Wildman–Crippen LogP) is 2.80. The Hall–Kier alpha value is -0.470. The third-order valence-electron chi connectivity index (χ3n) is 3.07. The fourth-order valence-corrected chi connectivity index (χ4v) is 2.65. The maximum atomic E-state index is 3.62. The van der Waals surface area contributed by atoms with Crippen LogP contribution in [0.3, 0.4) is 0 Å². The van der Waals surface area contributed by atoms with Crippen molar-refractivity contribution in [2.75, 3.05) is 18.1 Å². The van der Waals surface area contributed by atoms with Gasteiger partial charge in [-0.05, 0) is 24.0 Å². The number of rotatable bonds is 4. The second kappa shape index (κ2) is 5.04. The molecule has 2 rings (SSSR count). The minimum atomic E-state index is 0.622. The molecular formula is C13H19NS. The van der Waals surface area contributed by atoms with Crippen LogP contribution in [0.1, 0.15) is 24.0 Å². The van der Waals surface area contributed by atoms with Crippen molar-refractivity contribution in [2.45, 2.75) is 25.8 Å². The average molecular weight is 221 g/mol. The third-order valence-corrected chi connectivity index (χ3v) is 4.35. The summed E-state index contributed by atoms with van der Waals surface area (Å²) in [5.41, 5.74) is 2.90. The fraction of sp³-hybridized carbons (Fsp3) is 0.538. The van der Waals surface area contributed by atoms with Crippen LogP contribution in [-0.4, -0.2) is 24.1 Å². The molecule has 0 spiro atoms. The summed E-state index contributed by atoms with van der Waals surface area (Å²) in [7, 11) is 0. The average Bonchev–Trinajstić information content (AvgIpc) is 2.16. The molecule has 1 aliphatic rings. The first-order valence-electron chi connectivity index (χ1n) is 5.64. The van der Waals surface area contributed by atoms with E-state index < -0.39 is 0 Å². The van der Waals surface area contributed by atoms with Gasteiger partial charge in [0.15, 0.2) is 0 Å². The molecule has 1 aromatic rings. The first-order valence-corrected chi connectivity index (χ1v) is 6.79. The van der Waals surface area contributed by atoms with Gasteiger partial charge in [-0.1, -0.05) is 31.2 Å². The zero-order chi connectivity index (χ0) is 10.7. The van der Waals surface area contributed by atoms with Crippen molar-refractivity contribution in [1.82, 2.24) is 5.32 Å². The molecular weight excluding hydrogens is 202 g/mol. The van der Waals surface area contributed by atoms with Crippen LogP contribution in [0.2, 0.25) is 0 Å². The Labute approximate surface area is 96.7 Å². The summed E-state index contributed by atoms with van der Waals surface area (Å²) in [4.78, 5) is 0. The molecule has 82 valence electrons. The summed E-state index contributed by atoms with van der Waals surface area (Å²) in [6.45, 7) is 5.61. The van der Waals surface area contributed by atoms with Gasteiger partial charge in [-0.2, -0.15) is 11.8 Å². The third kappa shape index (κ3) is 2.76. The highest BCUT2D eigenvalue weighted by Crippen LogP contribution is 2.21. The highest BCUT2D eigenvalue weighted by Gasteiger charge is 2.18. The van der Waals surface area contributed by atoms with Crippen LogP contribution in [0.5, 0.6) is 0 Å². The maximum absolute atomic E-state index is 3.62. The number of aryl methyl sites for hydroxylation is 1. The van der Waals surface area contributed by atoms with Crippen LogP contribution in [0.25, 0.3) is 0 Å². The zero-order valence-corrected chi connectivity index (χ0v) is 10.3. The first kappa shape index (κ1) is 11.0. The Bertz CT molecular complexity index is 320. The van der Waals surface area contributed by atoms with Crippen LogP contribution < -0.4 is 5.32 Å². The molecule has 1 atom stereocenters. The standard InChI is InChI=1S/C13H19NS/c1-10-5-3-4-6-13(10)11(2)7-14-12-8-15-9-12/h3-6,11-12,14H,7-9H2,1-2H3. The van der Waals surface area contributed by atoms with Crippen molar-refractivity contribution in [3.63, 3.8) is 0 Å². The lowest BCUT2D eigenvalue weighted by molar-refractivity contribution is 0.543. The van der Waals surface area contributed by atoms with Crippen molar-refractivity contribution < 1.29 is 0 Å². The van der Waals surface area contributed by atoms with Crippen LogP contribution in [-0.2, 0) is 0 Å². The van der Waals surface area contributed by atoms with Gasteiger partial charge in [0, 0.05) is 24.1 Å². The smallest absolute Gasteiger partial charge is 0.0249 e. The topological polar surface area (TPSA) is 12.0 Å². The SMILES string of the molecule is Cc1ccccc1C(C)CNC1CSC1. The van der Waals surface area contributed by atoms with Crippen LogP contribution in [0.15, 0.2) is 24.3 Å². The molecule has 1 unspecified atom stereocenters. The van der Waals surface area contributed by atoms with E-state index in [1.54, 1.807) is 0 Å². The summed E-state index contributed by atoms with van der Waals surface area (Å²) in [6, 6.07) is 9.46. The minimum Gasteiger partial charge on any atom is -0.312 e. The first-order chi connectivity index (χ1) is 7.27. The summed E-state index contributed by atoms with van der Waals surface area (Å²) < 4.78 is 0. The number of hydrogen-bond acceptors (Lipinski definition) is 2. The molecule has 0 amide bonds. The van der Waals surface area contributed by atoms with Crippen molar-refractivity contribution in [2.24, 2.45) is 0 Å². The van der Waals surface area contributed by atoms with E-state index in [1.807, 2.05) is 11.8 Å². The molecule has 0 aromatic heterocycles. The van der Waals surface area contributed by atoms with Gasteiger partial charge in [-0.3, -0.25) is 0 Å². The Balaban J connectivity index is 1.89. The van der Waals surface area contributed by atoms with Crippen molar-refractivity contribution in [3.05, 3.63) is 35.4 Å². The molecule has 1 heterocycles. The van der Waals surface area contributed by atoms with E-state index in [2.05, 4.69) is 43.4 Å². The lowest BCUT2D eigenvalue weighted by Crippen LogP contribution is -2.41. The maximum Gasteiger partial charge on any atom is 0.0249 e. The second-order valence-electron chi connectivity index (χ2n) is 4.40. The Kier molecular flexibility index (Phi) is 3.71. The van der Waals surface area contributed by atoms with Crippen LogP contribution >= 0.6 is 11.8 Å². The highest BCUT2D eigenvalue weighted by atomic mass is 32.2. The van der Waals surface area contributed by atoms with E-state index in [-0.39, 0.29) is 0 Å². The van der Waals surface area contributed by atoms with Gasteiger partial charge in [0.05, 0.1) is 0 Å². The highest BCUT2D eigenvalue weighted by molar-refractivity contribution is 8.00. The molecule has 0 aliphatic carbocycles. The number of benzene rings is 1. The number of hydrogen-bond donors (Lipinski definition) is 1. The van der Waals surface area contributed by atoms with E-state index in [0.29, 0.717) is 5.92 Å². The summed E-state index contributed by atoms with van der Waals surface area (Å²) >= 11 is 2.03. The lowest BCUT2D eigenvalue weighted by atomic mass is 9.96. The molecule has 2 heteroatoms. The molecule has 1 nitrogen and oxygen atoms in total. The predicted molar refractivity (Wildman–Crippen MR) is 68.7 cm³/mol. The van der Waals surface area contributed by atoms with E-state index in [4.69, 9.17) is 0 Å². The van der Waals surface area contributed by atoms with Crippen molar-refractivity contribution in [1.29, 1.82) is 0 Å². The van der Waals surface area contributed by atoms with Crippen molar-refractivity contribution in [3.8, 4) is 0 Å². The number of nitrogens with one attached hydrogen (secondary N) is 1. The second-order valence-corrected chi connectivity index (χ2v) is 5.48. The van der Waals surface area contributed by atoms with Crippen molar-refractivity contribution >= 4 is 11.8 Å². The van der Waals surface area contributed by atoms with E-state index in [9.17, 15) is 0 Å². The fourth-order valence-electron chi connectivity index (χ4n) is 1.95. The molecule has 0 radical (unpaired) electrons. The molecule has 1 N–H and O–H groups in total. The van der Waals surface area contributed by atoms with Crippen LogP contribution in [0.4, 0.5) is 0 Å². The molecule has 1 aromatic carbocycles. The summed E-state index contributed by atoms with van der Waals surface area (Å²) in [5.74, 6) is 3.21. The summed E-state index contributed by atoms with van der Waals surface area (Å²) in [6.07, 6.45) is 0. The quantitative estimate of drug-likeness (QED) is 0.839. The van der Waals surface area contributed by atoms with Gasteiger partial charge in [-0.15, -0.1) is 0 Å². The molecule has 1 saturated heterocycles. The molecule has 0 bridgehead atoms. The van der Waals surface area contributed by atoms with E-state index in [0.717, 1.165) is 12.6 Å². The normalized spacial score (nSPS) is 18.5. The van der Waals surface area contributed by atoms with Gasteiger partial charge in [0.2, 0.25) is 0 Å². The number of thioether (sulfide) groups is 1. The Morgan fingerprint density at radius 3 is 2.73 bits per heavy atom. The largest absolute Gasteiger partial charge is 0.312 e. The van der Waals surface area contributed by atoms with Gasteiger partial charge in [-0.25, -0.2) is 0 Å². The molecule has 1 aliphatic heterocycles. The van der Waals surface area contributed by atoms with Crippen LogP contribution in [0, 0.1) is 6.92 Å². The minimum absolute atomic E-state index is 0.622. The Morgan fingerprint density at radius 2 is 2.13 bits per heavy atom. The van der Waals surface area contributed by atoms with Gasteiger partial charge < -0.3 is 5.32 Å². The van der Waals surface area contributed by atoms with Gasteiger partial charge >= 0.3 is 0 Å². The van der Waals surface area contributed by atoms with E-state index in [1.165, 1.54) is 22.6 Å². The van der Waals surface area contributed by atoms with Gasteiger partial charge in [0.25, 0.3) is 0 Å². The lowest BCUT2D eigenvalue weighted by Gasteiger charge is -2.28.